The summed E-state index contributed by atoms with van der Waals surface area (Å²) in [6.45, 7) is 7.30. The van der Waals surface area contributed by atoms with Gasteiger partial charge in [0.25, 0.3) is 5.88 Å². The van der Waals surface area contributed by atoms with Crippen LogP contribution in [0.5, 0.6) is 5.88 Å². The maximum atomic E-state index is 12.3. The van der Waals surface area contributed by atoms with Gasteiger partial charge in [-0.25, -0.2) is 0 Å². The lowest BCUT2D eigenvalue weighted by Crippen LogP contribution is -3.00. The summed E-state index contributed by atoms with van der Waals surface area (Å²) in [7, 11) is 2.15. The Hall–Kier alpha value is -1.18. The van der Waals surface area contributed by atoms with E-state index in [4.69, 9.17) is 9.47 Å². The lowest BCUT2D eigenvalue weighted by atomic mass is 10.1. The summed E-state index contributed by atoms with van der Waals surface area (Å²) >= 11 is 1.21. The summed E-state index contributed by atoms with van der Waals surface area (Å²) in [6, 6.07) is 0. The van der Waals surface area contributed by atoms with Crippen LogP contribution in [-0.4, -0.2) is 52.7 Å². The van der Waals surface area contributed by atoms with Gasteiger partial charge in [-0.15, -0.1) is 4.37 Å². The van der Waals surface area contributed by atoms with E-state index < -0.39 is 0 Å². The fourth-order valence-electron chi connectivity index (χ4n) is 4.26. The molecule has 6 nitrogen and oxygen atoms in total. The Bertz CT molecular complexity index is 713. The third kappa shape index (κ3) is 12.0. The summed E-state index contributed by atoms with van der Waals surface area (Å²) in [5, 5.41) is 0. The molecule has 0 spiro atoms. The molecule has 1 atom stereocenters. The van der Waals surface area contributed by atoms with E-state index in [-0.39, 0.29) is 18.4 Å². The molecule has 0 amide bonds. The van der Waals surface area contributed by atoms with Crippen LogP contribution in [0.25, 0.3) is 5.57 Å². The van der Waals surface area contributed by atoms with E-state index >= 15 is 0 Å². The van der Waals surface area contributed by atoms with Crippen LogP contribution in [-0.2, 0) is 9.53 Å². The van der Waals surface area contributed by atoms with Crippen molar-refractivity contribution in [3.8, 4) is 5.88 Å². The lowest BCUT2D eigenvalue weighted by molar-refractivity contribution is -0.919. The Labute approximate surface area is 217 Å². The number of rotatable bonds is 18. The summed E-state index contributed by atoms with van der Waals surface area (Å²) < 4.78 is 21.2. The third-order valence-corrected chi connectivity index (χ3v) is 6.89. The Morgan fingerprint density at radius 3 is 2.32 bits per heavy atom. The van der Waals surface area contributed by atoms with Gasteiger partial charge in [-0.1, -0.05) is 84.1 Å². The van der Waals surface area contributed by atoms with Gasteiger partial charge >= 0.3 is 5.97 Å². The van der Waals surface area contributed by atoms with Gasteiger partial charge in [0.1, 0.15) is 12.2 Å². The first-order chi connectivity index (χ1) is 16.1. The van der Waals surface area contributed by atoms with Crippen LogP contribution in [0.4, 0.5) is 0 Å². The Morgan fingerprint density at radius 1 is 0.971 bits per heavy atom. The quantitative estimate of drug-likeness (QED) is 0.169. The van der Waals surface area contributed by atoms with Gasteiger partial charge in [0, 0.05) is 18.4 Å². The van der Waals surface area contributed by atoms with Crippen LogP contribution in [0.2, 0.25) is 0 Å². The Morgan fingerprint density at radius 2 is 1.62 bits per heavy atom. The molecular weight excluding hydrogens is 470 g/mol. The number of unbranched alkanes of at least 4 members (excludes halogenated alkanes) is 10. The molecular formula is C26H46ClN3O3S. The number of hydrogen-bond acceptors (Lipinski definition) is 6. The van der Waals surface area contributed by atoms with Crippen LogP contribution >= 0.6 is 11.7 Å². The zero-order chi connectivity index (χ0) is 23.8. The predicted octanol–water partition coefficient (Wildman–Crippen LogP) is 3.77. The number of nitrogens with zero attached hydrogens (tertiary/aromatic N) is 3. The summed E-state index contributed by atoms with van der Waals surface area (Å²) in [6.07, 6.45) is 18.3. The molecule has 8 heteroatoms. The van der Waals surface area contributed by atoms with E-state index in [9.17, 15) is 4.79 Å². The summed E-state index contributed by atoms with van der Waals surface area (Å²) in [5.74, 6) is 0.589. The highest BCUT2D eigenvalue weighted by Crippen LogP contribution is 2.30. The SMILES string of the molecule is CCCCCCCCCCC(=O)OC[N+]1(C)CCC=C(c2nsnc2OCCCCCC)C1.[Cl-]. The first-order valence-electron chi connectivity index (χ1n) is 13.2. The molecule has 0 aromatic carbocycles. The van der Waals surface area contributed by atoms with Crippen molar-refractivity contribution in [3.05, 3.63) is 11.8 Å². The number of esters is 1. The Kier molecular flexibility index (Phi) is 16.5. The second kappa shape index (κ2) is 18.1. The maximum Gasteiger partial charge on any atom is 0.310 e. The molecule has 0 radical (unpaired) electrons. The molecule has 0 bridgehead atoms. The van der Waals surface area contributed by atoms with E-state index in [0.29, 0.717) is 30.1 Å². The van der Waals surface area contributed by atoms with Crippen LogP contribution in [0.1, 0.15) is 109 Å². The van der Waals surface area contributed by atoms with Crippen molar-refractivity contribution in [1.82, 2.24) is 8.75 Å². The molecule has 1 unspecified atom stereocenters. The topological polar surface area (TPSA) is 61.3 Å². The van der Waals surface area contributed by atoms with Gasteiger partial charge < -0.3 is 21.9 Å². The van der Waals surface area contributed by atoms with E-state index in [1.807, 2.05) is 0 Å². The molecule has 1 aromatic rings. The fourth-order valence-corrected chi connectivity index (χ4v) is 4.79. The molecule has 2 heterocycles. The minimum Gasteiger partial charge on any atom is -1.00 e. The molecule has 0 saturated carbocycles. The molecule has 2 rings (SSSR count). The number of ether oxygens (including phenoxy) is 2. The van der Waals surface area contributed by atoms with Gasteiger partial charge in [-0.3, -0.25) is 9.28 Å². The average Bonchev–Trinajstić information content (AvgIpc) is 3.28. The zero-order valence-electron chi connectivity index (χ0n) is 21.7. The molecule has 1 aliphatic heterocycles. The van der Waals surface area contributed by atoms with Crippen molar-refractivity contribution in [2.24, 2.45) is 0 Å². The molecule has 196 valence electrons. The number of aromatic nitrogens is 2. The van der Waals surface area contributed by atoms with Crippen molar-refractivity contribution in [2.75, 3.05) is 33.5 Å². The lowest BCUT2D eigenvalue weighted by Gasteiger charge is -2.36. The first kappa shape index (κ1) is 30.9. The third-order valence-electron chi connectivity index (χ3n) is 6.38. The molecule has 34 heavy (non-hydrogen) atoms. The highest BCUT2D eigenvalue weighted by molar-refractivity contribution is 6.99. The number of halogens is 1. The van der Waals surface area contributed by atoms with Crippen molar-refractivity contribution >= 4 is 23.3 Å². The maximum absolute atomic E-state index is 12.3. The Balaban J connectivity index is 0.00000578. The second-order valence-electron chi connectivity index (χ2n) is 9.72. The van der Waals surface area contributed by atoms with Crippen molar-refractivity contribution in [1.29, 1.82) is 0 Å². The highest BCUT2D eigenvalue weighted by atomic mass is 35.5. The monoisotopic (exact) mass is 515 g/mol. The average molecular weight is 516 g/mol. The normalized spacial score (nSPS) is 17.7. The van der Waals surface area contributed by atoms with Crippen molar-refractivity contribution < 1.29 is 31.2 Å². The van der Waals surface area contributed by atoms with E-state index in [0.717, 1.165) is 50.0 Å². The number of hydrogen-bond donors (Lipinski definition) is 0. The number of carbonyl (C=O) groups excluding carboxylic acids is 1. The molecule has 0 aliphatic carbocycles. The van der Waals surface area contributed by atoms with Gasteiger partial charge in [-0.05, 0) is 12.8 Å². The summed E-state index contributed by atoms with van der Waals surface area (Å²) in [5.41, 5.74) is 2.02. The number of carbonyl (C=O) groups is 1. The number of quaternary nitrogens is 1. The van der Waals surface area contributed by atoms with Crippen LogP contribution in [0.15, 0.2) is 6.08 Å². The van der Waals surface area contributed by atoms with Gasteiger partial charge in [0.15, 0.2) is 0 Å². The molecule has 0 saturated heterocycles. The van der Waals surface area contributed by atoms with Crippen LogP contribution in [0, 0.1) is 0 Å². The van der Waals surface area contributed by atoms with Gasteiger partial charge in [0.2, 0.25) is 6.73 Å². The minimum atomic E-state index is -0.0668. The van der Waals surface area contributed by atoms with Gasteiger partial charge in [-0.2, -0.15) is 4.37 Å². The van der Waals surface area contributed by atoms with E-state index in [1.54, 1.807) is 0 Å². The molecule has 1 aromatic heterocycles. The van der Waals surface area contributed by atoms with Crippen molar-refractivity contribution in [3.63, 3.8) is 0 Å². The zero-order valence-corrected chi connectivity index (χ0v) is 23.2. The van der Waals surface area contributed by atoms with Crippen molar-refractivity contribution in [2.45, 2.75) is 104 Å². The van der Waals surface area contributed by atoms with Gasteiger partial charge in [0.05, 0.1) is 31.9 Å². The highest BCUT2D eigenvalue weighted by Gasteiger charge is 2.31. The second-order valence-corrected chi connectivity index (χ2v) is 10.2. The van der Waals surface area contributed by atoms with Crippen LogP contribution < -0.4 is 17.1 Å². The predicted molar refractivity (Wildman–Crippen MR) is 136 cm³/mol. The fraction of sp³-hybridized carbons (Fsp3) is 0.808. The largest absolute Gasteiger partial charge is 1.00 e. The minimum absolute atomic E-state index is 0. The molecule has 0 fully saturated rings. The first-order valence-corrected chi connectivity index (χ1v) is 13.9. The standard InChI is InChI=1S/C26H46N3O3S.ClH/c1-4-6-8-10-11-12-13-14-18-24(30)32-22-29(3)19-16-17-23(21-29)25-26(28-33-27-25)31-20-15-9-7-5-2;/h17H,4-16,18-22H2,1-3H3;1H/q+1;/p-1. The molecule has 1 aliphatic rings. The number of likely N-dealkylation sites (N-methyl/N-ethyl adjacent to an activating group) is 1. The van der Waals surface area contributed by atoms with E-state index in [2.05, 4.69) is 35.7 Å². The summed E-state index contributed by atoms with van der Waals surface area (Å²) in [4.78, 5) is 12.3. The van der Waals surface area contributed by atoms with Crippen LogP contribution in [0.3, 0.4) is 0 Å². The smallest absolute Gasteiger partial charge is 0.310 e. The molecule has 0 N–H and O–H groups in total. The van der Waals surface area contributed by atoms with E-state index in [1.165, 1.54) is 69.5 Å².